The van der Waals surface area contributed by atoms with E-state index in [9.17, 15) is 0 Å². The standard InChI is InChI=1S/C14H17ClN4OS/c15-11-3-1-2-4-12(11)20-7-8-21-14-18-17-13(9-16)19(14)10-5-6-10/h1-4,10H,5-9,16H2. The molecule has 1 aromatic carbocycles. The second-order valence-corrected chi connectivity index (χ2v) is 6.30. The lowest BCUT2D eigenvalue weighted by Gasteiger charge is -2.09. The molecule has 2 N–H and O–H groups in total. The summed E-state index contributed by atoms with van der Waals surface area (Å²) in [4.78, 5) is 0. The van der Waals surface area contributed by atoms with Crippen molar-refractivity contribution in [2.75, 3.05) is 12.4 Å². The maximum atomic E-state index is 6.05. The lowest BCUT2D eigenvalue weighted by molar-refractivity contribution is 0.344. The van der Waals surface area contributed by atoms with Crippen LogP contribution in [0.15, 0.2) is 29.4 Å². The van der Waals surface area contributed by atoms with Crippen molar-refractivity contribution >= 4 is 23.4 Å². The fourth-order valence-corrected chi connectivity index (χ4v) is 3.12. The highest BCUT2D eigenvalue weighted by Gasteiger charge is 2.29. The van der Waals surface area contributed by atoms with Crippen LogP contribution in [0.5, 0.6) is 5.75 Å². The number of aromatic nitrogens is 3. The first kappa shape index (κ1) is 14.7. The molecule has 0 amide bonds. The van der Waals surface area contributed by atoms with Gasteiger partial charge in [-0.1, -0.05) is 35.5 Å². The van der Waals surface area contributed by atoms with Crippen LogP contribution in [0.3, 0.4) is 0 Å². The van der Waals surface area contributed by atoms with E-state index in [1.54, 1.807) is 11.8 Å². The first-order chi connectivity index (χ1) is 10.3. The highest BCUT2D eigenvalue weighted by Crippen LogP contribution is 2.38. The number of halogens is 1. The van der Waals surface area contributed by atoms with Gasteiger partial charge in [-0.05, 0) is 25.0 Å². The molecule has 1 saturated carbocycles. The largest absolute Gasteiger partial charge is 0.491 e. The van der Waals surface area contributed by atoms with Gasteiger partial charge in [-0.3, -0.25) is 0 Å². The maximum absolute atomic E-state index is 6.05. The Balaban J connectivity index is 1.54. The molecule has 21 heavy (non-hydrogen) atoms. The molecule has 0 atom stereocenters. The second-order valence-electron chi connectivity index (χ2n) is 4.83. The van der Waals surface area contributed by atoms with E-state index in [0.29, 0.717) is 30.0 Å². The van der Waals surface area contributed by atoms with Gasteiger partial charge in [-0.2, -0.15) is 0 Å². The van der Waals surface area contributed by atoms with Crippen LogP contribution in [0.25, 0.3) is 0 Å². The molecule has 0 aliphatic heterocycles. The van der Waals surface area contributed by atoms with Crippen LogP contribution in [0.4, 0.5) is 0 Å². The third-order valence-electron chi connectivity index (χ3n) is 3.24. The monoisotopic (exact) mass is 324 g/mol. The highest BCUT2D eigenvalue weighted by atomic mass is 35.5. The quantitative estimate of drug-likeness (QED) is 0.626. The van der Waals surface area contributed by atoms with Crippen LogP contribution in [0, 0.1) is 0 Å². The summed E-state index contributed by atoms with van der Waals surface area (Å²) in [6.45, 7) is 1.00. The van der Waals surface area contributed by atoms with Crippen LogP contribution in [0.1, 0.15) is 24.7 Å². The van der Waals surface area contributed by atoms with Gasteiger partial charge in [-0.15, -0.1) is 10.2 Å². The van der Waals surface area contributed by atoms with Gasteiger partial charge in [0.25, 0.3) is 0 Å². The Hall–Kier alpha value is -1.24. The van der Waals surface area contributed by atoms with Gasteiger partial charge in [-0.25, -0.2) is 0 Å². The molecule has 0 bridgehead atoms. The molecule has 1 heterocycles. The molecule has 0 radical (unpaired) electrons. The van der Waals surface area contributed by atoms with Crippen molar-refractivity contribution < 1.29 is 4.74 Å². The van der Waals surface area contributed by atoms with E-state index in [0.717, 1.165) is 16.7 Å². The molecule has 0 spiro atoms. The molecule has 1 fully saturated rings. The molecule has 1 aliphatic rings. The first-order valence-electron chi connectivity index (χ1n) is 6.93. The topological polar surface area (TPSA) is 66.0 Å². The van der Waals surface area contributed by atoms with Gasteiger partial charge >= 0.3 is 0 Å². The number of rotatable bonds is 7. The molecule has 3 rings (SSSR count). The number of hydrogen-bond donors (Lipinski definition) is 1. The van der Waals surface area contributed by atoms with Crippen LogP contribution >= 0.6 is 23.4 Å². The fourth-order valence-electron chi connectivity index (χ4n) is 2.09. The molecular formula is C14H17ClN4OS. The van der Waals surface area contributed by atoms with Gasteiger partial charge in [0, 0.05) is 11.8 Å². The van der Waals surface area contributed by atoms with E-state index in [2.05, 4.69) is 14.8 Å². The first-order valence-corrected chi connectivity index (χ1v) is 8.30. The van der Waals surface area contributed by atoms with Gasteiger partial charge in [0.15, 0.2) is 5.16 Å². The molecule has 112 valence electrons. The van der Waals surface area contributed by atoms with E-state index in [-0.39, 0.29) is 0 Å². The average molecular weight is 325 g/mol. The Morgan fingerprint density at radius 1 is 1.33 bits per heavy atom. The van der Waals surface area contributed by atoms with Crippen molar-refractivity contribution in [2.24, 2.45) is 5.73 Å². The summed E-state index contributed by atoms with van der Waals surface area (Å²) in [7, 11) is 0. The number of para-hydroxylation sites is 1. The molecule has 2 aromatic rings. The van der Waals surface area contributed by atoms with Crippen LogP contribution in [0.2, 0.25) is 5.02 Å². The zero-order valence-electron chi connectivity index (χ0n) is 11.5. The summed E-state index contributed by atoms with van der Waals surface area (Å²) in [6.07, 6.45) is 2.38. The van der Waals surface area contributed by atoms with Crippen molar-refractivity contribution in [2.45, 2.75) is 30.6 Å². The van der Waals surface area contributed by atoms with Crippen molar-refractivity contribution in [1.29, 1.82) is 0 Å². The van der Waals surface area contributed by atoms with Gasteiger partial charge in [0.2, 0.25) is 0 Å². The molecular weight excluding hydrogens is 308 g/mol. The summed E-state index contributed by atoms with van der Waals surface area (Å²) in [6, 6.07) is 8.01. The molecule has 0 unspecified atom stereocenters. The zero-order valence-corrected chi connectivity index (χ0v) is 13.1. The second kappa shape index (κ2) is 6.68. The summed E-state index contributed by atoms with van der Waals surface area (Å²) in [5, 5.41) is 9.94. The van der Waals surface area contributed by atoms with E-state index < -0.39 is 0 Å². The minimum atomic E-state index is 0.431. The third-order valence-corrected chi connectivity index (χ3v) is 4.46. The predicted molar refractivity (Wildman–Crippen MR) is 83.9 cm³/mol. The zero-order chi connectivity index (χ0) is 14.7. The van der Waals surface area contributed by atoms with E-state index in [4.69, 9.17) is 22.1 Å². The smallest absolute Gasteiger partial charge is 0.191 e. The predicted octanol–water partition coefficient (Wildman–Crippen LogP) is 2.90. The summed E-state index contributed by atoms with van der Waals surface area (Å²) in [5.41, 5.74) is 5.71. The summed E-state index contributed by atoms with van der Waals surface area (Å²) < 4.78 is 7.84. The molecule has 0 saturated heterocycles. The minimum absolute atomic E-state index is 0.431. The summed E-state index contributed by atoms with van der Waals surface area (Å²) in [5.74, 6) is 2.37. The SMILES string of the molecule is NCc1nnc(SCCOc2ccccc2Cl)n1C1CC1. The fraction of sp³-hybridized carbons (Fsp3) is 0.429. The number of nitrogens with zero attached hydrogens (tertiary/aromatic N) is 3. The minimum Gasteiger partial charge on any atom is -0.491 e. The lowest BCUT2D eigenvalue weighted by atomic mass is 10.3. The Kier molecular flexibility index (Phi) is 4.67. The van der Waals surface area contributed by atoms with Crippen LogP contribution in [-0.2, 0) is 6.54 Å². The number of thioether (sulfide) groups is 1. The van der Waals surface area contributed by atoms with Crippen LogP contribution in [-0.4, -0.2) is 27.1 Å². The lowest BCUT2D eigenvalue weighted by Crippen LogP contribution is -2.08. The Morgan fingerprint density at radius 3 is 2.86 bits per heavy atom. The molecule has 7 heteroatoms. The molecule has 1 aromatic heterocycles. The van der Waals surface area contributed by atoms with Gasteiger partial charge in [0.1, 0.15) is 11.6 Å². The van der Waals surface area contributed by atoms with Crippen molar-refractivity contribution in [3.63, 3.8) is 0 Å². The van der Waals surface area contributed by atoms with Gasteiger partial charge < -0.3 is 15.0 Å². The van der Waals surface area contributed by atoms with Crippen molar-refractivity contribution in [3.8, 4) is 5.75 Å². The Labute approximate surface area is 132 Å². The van der Waals surface area contributed by atoms with E-state index in [1.807, 2.05) is 24.3 Å². The Bertz CT molecular complexity index is 615. The van der Waals surface area contributed by atoms with Gasteiger partial charge in [0.05, 0.1) is 18.2 Å². The van der Waals surface area contributed by atoms with Crippen LogP contribution < -0.4 is 10.5 Å². The molecule has 5 nitrogen and oxygen atoms in total. The number of benzene rings is 1. The normalized spacial score (nSPS) is 14.4. The number of ether oxygens (including phenoxy) is 1. The highest BCUT2D eigenvalue weighted by molar-refractivity contribution is 7.99. The van der Waals surface area contributed by atoms with Crippen molar-refractivity contribution in [1.82, 2.24) is 14.8 Å². The van der Waals surface area contributed by atoms with E-state index >= 15 is 0 Å². The third kappa shape index (κ3) is 3.51. The van der Waals surface area contributed by atoms with E-state index in [1.165, 1.54) is 12.8 Å². The number of nitrogens with two attached hydrogens (primary N) is 1. The Morgan fingerprint density at radius 2 is 2.14 bits per heavy atom. The van der Waals surface area contributed by atoms with Crippen molar-refractivity contribution in [3.05, 3.63) is 35.1 Å². The summed E-state index contributed by atoms with van der Waals surface area (Å²) >= 11 is 7.69. The maximum Gasteiger partial charge on any atom is 0.191 e. The molecule has 1 aliphatic carbocycles. The number of hydrogen-bond acceptors (Lipinski definition) is 5. The average Bonchev–Trinajstić information content (AvgIpc) is 3.25.